The predicted octanol–water partition coefficient (Wildman–Crippen LogP) is 3.27. The first-order chi connectivity index (χ1) is 22.8. The second-order valence-electron chi connectivity index (χ2n) is 14.2. The van der Waals surface area contributed by atoms with Crippen LogP contribution in [0.1, 0.15) is 38.3 Å². The molecule has 10 heteroatoms. The summed E-state index contributed by atoms with van der Waals surface area (Å²) in [6, 6.07) is 18.6. The number of benzene rings is 2. The molecule has 3 heterocycles. The maximum Gasteiger partial charge on any atom is 0.331 e. The molecule has 2 aromatic carbocycles. The molecular formula is C38H38O10. The van der Waals surface area contributed by atoms with Crippen molar-refractivity contribution in [3.05, 3.63) is 114 Å². The molecule has 2 saturated carbocycles. The summed E-state index contributed by atoms with van der Waals surface area (Å²) in [5.74, 6) is -5.20. The first-order valence-corrected chi connectivity index (χ1v) is 16.2. The SMILES string of the molecule is C=C(C)[C@@]12O[C@]3(c4ccccc4)O[C@@H]1[C@@H]1[C@@H]4O[C@]4(CO)[C@@H](O)[C@]4(O)C(=O)C(C)=C[C@H]4[C@]1(C[C@@]2(C)OC(=O)/C=C/C=C\c1ccccc1)O3. The highest BCUT2D eigenvalue weighted by Crippen LogP contribution is 2.74. The summed E-state index contributed by atoms with van der Waals surface area (Å²) in [5.41, 5.74) is -6.57. The highest BCUT2D eigenvalue weighted by Gasteiger charge is 2.90. The number of carbonyl (C=O) groups excluding carboxylic acids is 2. The van der Waals surface area contributed by atoms with Crippen LogP contribution in [0.2, 0.25) is 0 Å². The molecule has 250 valence electrons. The van der Waals surface area contributed by atoms with Crippen molar-refractivity contribution in [2.75, 3.05) is 6.61 Å². The zero-order valence-corrected chi connectivity index (χ0v) is 26.9. The van der Waals surface area contributed by atoms with Gasteiger partial charge in [0, 0.05) is 29.9 Å². The van der Waals surface area contributed by atoms with Crippen LogP contribution >= 0.6 is 0 Å². The Labute approximate surface area is 277 Å². The lowest BCUT2D eigenvalue weighted by molar-refractivity contribution is -0.433. The molecule has 0 amide bonds. The summed E-state index contributed by atoms with van der Waals surface area (Å²) < 4.78 is 33.4. The number of aliphatic hydroxyl groups excluding tert-OH is 2. The molecule has 3 aliphatic carbocycles. The van der Waals surface area contributed by atoms with Gasteiger partial charge in [-0.1, -0.05) is 91.5 Å². The van der Waals surface area contributed by atoms with E-state index in [1.807, 2.05) is 42.5 Å². The van der Waals surface area contributed by atoms with Gasteiger partial charge in [-0.3, -0.25) is 4.79 Å². The monoisotopic (exact) mass is 654 g/mol. The van der Waals surface area contributed by atoms with Gasteiger partial charge >= 0.3 is 11.9 Å². The molecule has 0 aromatic heterocycles. The van der Waals surface area contributed by atoms with Gasteiger partial charge in [-0.25, -0.2) is 4.79 Å². The highest BCUT2D eigenvalue weighted by atomic mass is 16.9. The van der Waals surface area contributed by atoms with Gasteiger partial charge in [0.25, 0.3) is 0 Å². The van der Waals surface area contributed by atoms with Crippen molar-refractivity contribution in [2.24, 2.45) is 11.8 Å². The molecule has 0 unspecified atom stereocenters. The van der Waals surface area contributed by atoms with Crippen molar-refractivity contribution < 1.29 is 48.6 Å². The van der Waals surface area contributed by atoms with Crippen LogP contribution in [0.4, 0.5) is 0 Å². The zero-order valence-electron chi connectivity index (χ0n) is 26.9. The molecule has 8 rings (SSSR count). The van der Waals surface area contributed by atoms with Crippen molar-refractivity contribution in [2.45, 2.75) is 79.5 Å². The minimum absolute atomic E-state index is 0.0937. The number of fused-ring (bicyclic) bond motifs is 3. The Balaban J connectivity index is 1.29. The number of Topliss-reactive ketones (excluding diaryl/α,β-unsaturated/α-hetero) is 1. The fraction of sp³-hybridized carbons (Fsp3) is 0.421. The van der Waals surface area contributed by atoms with E-state index in [2.05, 4.69) is 6.58 Å². The fourth-order valence-corrected chi connectivity index (χ4v) is 9.45. The van der Waals surface area contributed by atoms with E-state index in [0.29, 0.717) is 11.1 Å². The molecule has 48 heavy (non-hydrogen) atoms. The van der Waals surface area contributed by atoms with Crippen LogP contribution in [-0.2, 0) is 39.2 Å². The number of esters is 1. The van der Waals surface area contributed by atoms with Crippen LogP contribution < -0.4 is 0 Å². The second kappa shape index (κ2) is 10.1. The molecule has 2 aromatic rings. The number of aliphatic hydroxyl groups is 3. The minimum Gasteiger partial charge on any atom is -0.453 e. The fourth-order valence-electron chi connectivity index (χ4n) is 9.45. The maximum atomic E-state index is 13.8. The largest absolute Gasteiger partial charge is 0.453 e. The van der Waals surface area contributed by atoms with Crippen LogP contribution in [0, 0.1) is 11.8 Å². The minimum atomic E-state index is -2.43. The van der Waals surface area contributed by atoms with E-state index in [0.717, 1.165) is 5.56 Å². The lowest BCUT2D eigenvalue weighted by Crippen LogP contribution is -2.76. The van der Waals surface area contributed by atoms with E-state index in [1.54, 1.807) is 63.3 Å². The van der Waals surface area contributed by atoms with Gasteiger partial charge in [0.1, 0.15) is 29.5 Å². The van der Waals surface area contributed by atoms with Gasteiger partial charge in [0.2, 0.25) is 0 Å². The van der Waals surface area contributed by atoms with Crippen molar-refractivity contribution in [1.29, 1.82) is 0 Å². The number of ether oxygens (including phenoxy) is 5. The standard InChI is InChI=1S/C38H38O10/c1-22(2)37-31-28-30-35(21-39,45-30)32(42)36(43)26(19-23(3)29(36)41)34(28,47-38(46-31,48-37)25-16-9-6-10-17-25)20-33(37,4)44-27(40)18-12-11-15-24-13-7-5-8-14-24/h5-19,26,28,30-32,39,42-43H,1,20-21H2,2-4H3/b15-11-,18-12+/t26-,28-,30-,31+,32+,33+,34-,35-,36+,37+,38+/m0/s1. The number of hydrogen-bond acceptors (Lipinski definition) is 10. The smallest absolute Gasteiger partial charge is 0.331 e. The Morgan fingerprint density at radius 1 is 1.04 bits per heavy atom. The third-order valence-electron chi connectivity index (χ3n) is 11.5. The quantitative estimate of drug-likeness (QED) is 0.134. The third kappa shape index (κ3) is 3.76. The maximum absolute atomic E-state index is 13.8. The number of allylic oxidation sites excluding steroid dienone is 2. The average Bonchev–Trinajstić information content (AvgIpc) is 3.68. The summed E-state index contributed by atoms with van der Waals surface area (Å²) in [7, 11) is 0. The molecule has 3 aliphatic heterocycles. The number of hydrogen-bond donors (Lipinski definition) is 3. The zero-order chi connectivity index (χ0) is 33.9. The van der Waals surface area contributed by atoms with E-state index < -0.39 is 82.5 Å². The van der Waals surface area contributed by atoms with Crippen LogP contribution in [0.15, 0.2) is 103 Å². The number of rotatable bonds is 7. The summed E-state index contributed by atoms with van der Waals surface area (Å²) in [6.45, 7) is 8.70. The van der Waals surface area contributed by atoms with E-state index in [9.17, 15) is 24.9 Å². The lowest BCUT2D eigenvalue weighted by atomic mass is 9.53. The normalized spacial score (nSPS) is 45.0. The van der Waals surface area contributed by atoms with E-state index in [4.69, 9.17) is 23.7 Å². The Bertz CT molecular complexity index is 1800. The molecule has 3 bridgehead atoms. The molecular weight excluding hydrogens is 616 g/mol. The molecule has 6 aliphatic rings. The van der Waals surface area contributed by atoms with Gasteiger partial charge in [-0.15, -0.1) is 0 Å². The lowest BCUT2D eigenvalue weighted by Gasteiger charge is -2.61. The molecule has 11 atom stereocenters. The van der Waals surface area contributed by atoms with E-state index >= 15 is 0 Å². The van der Waals surface area contributed by atoms with Gasteiger partial charge in [0.15, 0.2) is 17.0 Å². The molecule has 3 saturated heterocycles. The van der Waals surface area contributed by atoms with Gasteiger partial charge in [0.05, 0.1) is 12.2 Å². The van der Waals surface area contributed by atoms with Crippen molar-refractivity contribution in [3.63, 3.8) is 0 Å². The molecule has 0 radical (unpaired) electrons. The number of ketones is 1. The van der Waals surface area contributed by atoms with E-state index in [-0.39, 0.29) is 12.0 Å². The van der Waals surface area contributed by atoms with E-state index in [1.165, 1.54) is 6.08 Å². The van der Waals surface area contributed by atoms with Gasteiger partial charge < -0.3 is 39.0 Å². The molecule has 5 fully saturated rings. The van der Waals surface area contributed by atoms with Crippen LogP contribution in [0.3, 0.4) is 0 Å². The average molecular weight is 655 g/mol. The number of epoxide rings is 1. The summed E-state index contributed by atoms with van der Waals surface area (Å²) in [5, 5.41) is 34.9. The topological polar surface area (TPSA) is 144 Å². The second-order valence-corrected chi connectivity index (χ2v) is 14.2. The summed E-state index contributed by atoms with van der Waals surface area (Å²) in [4.78, 5) is 27.5. The molecule has 3 N–H and O–H groups in total. The van der Waals surface area contributed by atoms with Crippen LogP contribution in [0.5, 0.6) is 0 Å². The van der Waals surface area contributed by atoms with Crippen molar-refractivity contribution in [3.8, 4) is 0 Å². The molecule has 10 nitrogen and oxygen atoms in total. The predicted molar refractivity (Wildman–Crippen MR) is 171 cm³/mol. The molecule has 0 spiro atoms. The Kier molecular flexibility index (Phi) is 6.66. The summed E-state index contributed by atoms with van der Waals surface area (Å²) >= 11 is 0. The first kappa shape index (κ1) is 31.5. The first-order valence-electron chi connectivity index (χ1n) is 16.2. The van der Waals surface area contributed by atoms with Crippen LogP contribution in [-0.4, -0.2) is 80.0 Å². The Morgan fingerprint density at radius 2 is 1.73 bits per heavy atom. The van der Waals surface area contributed by atoms with Gasteiger partial charge in [-0.2, -0.15) is 0 Å². The highest BCUT2D eigenvalue weighted by molar-refractivity contribution is 6.05. The Hall–Kier alpha value is -3.74. The van der Waals surface area contributed by atoms with Crippen molar-refractivity contribution in [1.82, 2.24) is 0 Å². The number of carbonyl (C=O) groups is 2. The Morgan fingerprint density at radius 3 is 2.40 bits per heavy atom. The summed E-state index contributed by atoms with van der Waals surface area (Å²) in [6.07, 6.45) is 4.31. The third-order valence-corrected chi connectivity index (χ3v) is 11.5. The van der Waals surface area contributed by atoms with Crippen LogP contribution in [0.25, 0.3) is 6.08 Å². The van der Waals surface area contributed by atoms with Gasteiger partial charge in [-0.05, 0) is 37.5 Å². The van der Waals surface area contributed by atoms with Crippen molar-refractivity contribution >= 4 is 17.8 Å².